The molecule has 0 saturated carbocycles. The van der Waals surface area contributed by atoms with Crippen LogP contribution in [0.1, 0.15) is 6.92 Å². The Morgan fingerprint density at radius 3 is 2.92 bits per heavy atom. The van der Waals surface area contributed by atoms with Crippen LogP contribution in [0.5, 0.6) is 0 Å². The van der Waals surface area contributed by atoms with E-state index in [-0.39, 0.29) is 0 Å². The summed E-state index contributed by atoms with van der Waals surface area (Å²) in [5.41, 5.74) is 0. The summed E-state index contributed by atoms with van der Waals surface area (Å²) in [4.78, 5) is 10.4. The normalized spacial score (nSPS) is 9.50. The first kappa shape index (κ1) is 11.9. The standard InChI is InChI=1S/C6H13NO3S2/c1-3-7-12-11-5-4-10-6(8)9-2/h7H,3-5H2,1-2H3. The van der Waals surface area contributed by atoms with Crippen molar-refractivity contribution in [2.75, 3.05) is 26.0 Å². The maximum atomic E-state index is 10.4. The Balaban J connectivity index is 2.95. The van der Waals surface area contributed by atoms with Crippen LogP contribution in [0, 0.1) is 0 Å². The van der Waals surface area contributed by atoms with Gasteiger partial charge in [0.25, 0.3) is 0 Å². The number of hydrogen-bond donors (Lipinski definition) is 1. The van der Waals surface area contributed by atoms with E-state index in [1.54, 1.807) is 21.8 Å². The molecule has 0 fully saturated rings. The van der Waals surface area contributed by atoms with E-state index >= 15 is 0 Å². The van der Waals surface area contributed by atoms with E-state index in [1.807, 2.05) is 6.92 Å². The van der Waals surface area contributed by atoms with E-state index in [0.29, 0.717) is 6.61 Å². The highest BCUT2D eigenvalue weighted by molar-refractivity contribution is 8.76. The molecule has 0 rings (SSSR count). The molecule has 0 saturated heterocycles. The fourth-order valence-electron chi connectivity index (χ4n) is 0.360. The second kappa shape index (κ2) is 9.02. The van der Waals surface area contributed by atoms with Gasteiger partial charge in [0.1, 0.15) is 6.61 Å². The van der Waals surface area contributed by atoms with Gasteiger partial charge in [0, 0.05) is 12.3 Å². The summed E-state index contributed by atoms with van der Waals surface area (Å²) in [6, 6.07) is 0. The van der Waals surface area contributed by atoms with Crippen LogP contribution < -0.4 is 4.72 Å². The molecule has 0 heterocycles. The Morgan fingerprint density at radius 1 is 1.58 bits per heavy atom. The Kier molecular flexibility index (Phi) is 8.97. The lowest BCUT2D eigenvalue weighted by atomic mass is 10.8. The molecular formula is C6H13NO3S2. The van der Waals surface area contributed by atoms with Crippen molar-refractivity contribution in [3.63, 3.8) is 0 Å². The number of carbonyl (C=O) groups excluding carboxylic acids is 1. The fourth-order valence-corrected chi connectivity index (χ4v) is 1.85. The molecule has 12 heavy (non-hydrogen) atoms. The first-order valence-electron chi connectivity index (χ1n) is 3.53. The molecule has 0 aromatic heterocycles. The van der Waals surface area contributed by atoms with Crippen LogP contribution in [0.4, 0.5) is 4.79 Å². The zero-order chi connectivity index (χ0) is 9.23. The van der Waals surface area contributed by atoms with Gasteiger partial charge in [-0.3, -0.25) is 4.72 Å². The third-order valence-electron chi connectivity index (χ3n) is 0.815. The summed E-state index contributed by atoms with van der Waals surface area (Å²) >= 11 is 0. The maximum Gasteiger partial charge on any atom is 0.508 e. The Labute approximate surface area is 80.3 Å². The topological polar surface area (TPSA) is 47.6 Å². The highest BCUT2D eigenvalue weighted by Gasteiger charge is 1.98. The minimum absolute atomic E-state index is 0.385. The van der Waals surface area contributed by atoms with E-state index < -0.39 is 6.16 Å². The molecule has 4 nitrogen and oxygen atoms in total. The average molecular weight is 211 g/mol. The second-order valence-corrected chi connectivity index (χ2v) is 4.01. The van der Waals surface area contributed by atoms with Gasteiger partial charge in [-0.1, -0.05) is 17.7 Å². The van der Waals surface area contributed by atoms with E-state index in [0.717, 1.165) is 12.3 Å². The Hall–Kier alpha value is -0.0700. The summed E-state index contributed by atoms with van der Waals surface area (Å²) in [5.74, 6) is 0.757. The summed E-state index contributed by atoms with van der Waals surface area (Å²) in [6.07, 6.45) is -0.621. The SMILES string of the molecule is CCNSSCCOC(=O)OC. The molecule has 0 bridgehead atoms. The minimum Gasteiger partial charge on any atom is -0.438 e. The molecule has 0 aromatic carbocycles. The molecule has 0 spiro atoms. The van der Waals surface area contributed by atoms with Gasteiger partial charge in [0.2, 0.25) is 0 Å². The van der Waals surface area contributed by atoms with Gasteiger partial charge in [0.15, 0.2) is 0 Å². The number of hydrogen-bond acceptors (Lipinski definition) is 6. The molecule has 0 amide bonds. The quantitative estimate of drug-likeness (QED) is 0.312. The van der Waals surface area contributed by atoms with Crippen molar-refractivity contribution in [3.8, 4) is 0 Å². The van der Waals surface area contributed by atoms with Crippen molar-refractivity contribution >= 4 is 27.9 Å². The molecule has 0 aliphatic rings. The van der Waals surface area contributed by atoms with E-state index in [2.05, 4.69) is 14.2 Å². The third-order valence-corrected chi connectivity index (χ3v) is 2.88. The molecular weight excluding hydrogens is 198 g/mol. The van der Waals surface area contributed by atoms with Gasteiger partial charge in [-0.25, -0.2) is 4.79 Å². The van der Waals surface area contributed by atoms with Gasteiger partial charge in [-0.05, 0) is 11.0 Å². The predicted molar refractivity (Wildman–Crippen MR) is 52.1 cm³/mol. The summed E-state index contributed by atoms with van der Waals surface area (Å²) in [6.45, 7) is 3.34. The van der Waals surface area contributed by atoms with E-state index in [1.165, 1.54) is 7.11 Å². The molecule has 1 N–H and O–H groups in total. The van der Waals surface area contributed by atoms with Gasteiger partial charge in [0.05, 0.1) is 7.11 Å². The van der Waals surface area contributed by atoms with Crippen LogP contribution >= 0.6 is 21.8 Å². The highest BCUT2D eigenvalue weighted by atomic mass is 33.1. The van der Waals surface area contributed by atoms with Crippen LogP contribution in [0.3, 0.4) is 0 Å². The molecule has 0 radical (unpaired) electrons. The molecule has 72 valence electrons. The fraction of sp³-hybridized carbons (Fsp3) is 0.833. The first-order chi connectivity index (χ1) is 5.81. The molecule has 0 aliphatic heterocycles. The molecule has 6 heteroatoms. The van der Waals surface area contributed by atoms with Crippen LogP contribution in [-0.4, -0.2) is 32.2 Å². The zero-order valence-electron chi connectivity index (χ0n) is 7.16. The summed E-state index contributed by atoms with van der Waals surface area (Å²) in [5, 5.41) is 0. The summed E-state index contributed by atoms with van der Waals surface area (Å²) in [7, 11) is 4.44. The van der Waals surface area contributed by atoms with Gasteiger partial charge in [-0.15, -0.1) is 0 Å². The number of ether oxygens (including phenoxy) is 2. The molecule has 0 aliphatic carbocycles. The van der Waals surface area contributed by atoms with Crippen LogP contribution in [0.15, 0.2) is 0 Å². The summed E-state index contributed by atoms with van der Waals surface area (Å²) < 4.78 is 12.0. The Morgan fingerprint density at radius 2 is 2.33 bits per heavy atom. The van der Waals surface area contributed by atoms with Gasteiger partial charge in [-0.2, -0.15) is 0 Å². The van der Waals surface area contributed by atoms with Gasteiger partial charge >= 0.3 is 6.16 Å². The maximum absolute atomic E-state index is 10.4. The smallest absolute Gasteiger partial charge is 0.438 e. The van der Waals surface area contributed by atoms with Crippen LogP contribution in [0.2, 0.25) is 0 Å². The van der Waals surface area contributed by atoms with Crippen molar-refractivity contribution in [2.45, 2.75) is 6.92 Å². The molecule has 0 atom stereocenters. The van der Waals surface area contributed by atoms with Crippen LogP contribution in [-0.2, 0) is 9.47 Å². The number of methoxy groups -OCH3 is 1. The van der Waals surface area contributed by atoms with Gasteiger partial charge < -0.3 is 9.47 Å². The van der Waals surface area contributed by atoms with Crippen molar-refractivity contribution < 1.29 is 14.3 Å². The predicted octanol–water partition coefficient (Wildman–Crippen LogP) is 1.68. The number of nitrogens with one attached hydrogen (secondary N) is 1. The lowest BCUT2D eigenvalue weighted by Gasteiger charge is -2.01. The monoisotopic (exact) mass is 211 g/mol. The number of rotatable bonds is 6. The molecule has 0 unspecified atom stereocenters. The third kappa shape index (κ3) is 8.03. The van der Waals surface area contributed by atoms with Crippen molar-refractivity contribution in [1.82, 2.24) is 4.72 Å². The second-order valence-electron chi connectivity index (χ2n) is 1.71. The molecule has 0 aromatic rings. The lowest BCUT2D eigenvalue weighted by molar-refractivity contribution is 0.0779. The lowest BCUT2D eigenvalue weighted by Crippen LogP contribution is -2.07. The van der Waals surface area contributed by atoms with E-state index in [4.69, 9.17) is 0 Å². The minimum atomic E-state index is -0.621. The Bertz CT molecular complexity index is 123. The van der Waals surface area contributed by atoms with Crippen molar-refractivity contribution in [1.29, 1.82) is 0 Å². The van der Waals surface area contributed by atoms with E-state index in [9.17, 15) is 4.79 Å². The van der Waals surface area contributed by atoms with Crippen molar-refractivity contribution in [2.24, 2.45) is 0 Å². The first-order valence-corrected chi connectivity index (χ1v) is 5.85. The van der Waals surface area contributed by atoms with Crippen LogP contribution in [0.25, 0.3) is 0 Å². The van der Waals surface area contributed by atoms with Crippen molar-refractivity contribution in [3.05, 3.63) is 0 Å². The number of carbonyl (C=O) groups is 1. The average Bonchev–Trinajstić information content (AvgIpc) is 2.10. The largest absolute Gasteiger partial charge is 0.508 e. The zero-order valence-corrected chi connectivity index (χ0v) is 8.80. The highest BCUT2D eigenvalue weighted by Crippen LogP contribution is 2.15.